The lowest BCUT2D eigenvalue weighted by Gasteiger charge is -2.22. The van der Waals surface area contributed by atoms with E-state index >= 15 is 0 Å². The number of aryl methyl sites for hydroxylation is 4. The van der Waals surface area contributed by atoms with Gasteiger partial charge < -0.3 is 0 Å². The third-order valence-corrected chi connectivity index (χ3v) is 9.49. The molecule has 3 heteroatoms. The lowest BCUT2D eigenvalue weighted by molar-refractivity contribution is -0.698. The fourth-order valence-corrected chi connectivity index (χ4v) is 6.87. The summed E-state index contributed by atoms with van der Waals surface area (Å²) in [6.07, 6.45) is 21.5. The zero-order valence-corrected chi connectivity index (χ0v) is 27.6. The van der Waals surface area contributed by atoms with E-state index in [1.54, 1.807) is 0 Å². The lowest BCUT2D eigenvalue weighted by atomic mass is 9.83. The molecule has 1 aliphatic rings. The molecular weight excluding hydrogens is 546 g/mol. The van der Waals surface area contributed by atoms with Crippen molar-refractivity contribution in [2.75, 3.05) is 0 Å². The molecule has 2 aromatic carbocycles. The van der Waals surface area contributed by atoms with Gasteiger partial charge in [-0.15, -0.1) is 0 Å². The highest BCUT2D eigenvalue weighted by molar-refractivity contribution is 5.80. The van der Waals surface area contributed by atoms with Gasteiger partial charge in [-0.25, -0.2) is 9.13 Å². The quantitative estimate of drug-likeness (QED) is 0.0949. The minimum Gasteiger partial charge on any atom is -0.205 e. The van der Waals surface area contributed by atoms with Gasteiger partial charge in [0, 0.05) is 42.2 Å². The van der Waals surface area contributed by atoms with Gasteiger partial charge in [0.1, 0.15) is 13.1 Å². The molecule has 3 heterocycles. The van der Waals surface area contributed by atoms with Gasteiger partial charge in [0.05, 0.1) is 17.7 Å². The van der Waals surface area contributed by atoms with Crippen molar-refractivity contribution in [1.29, 1.82) is 0 Å². The second kappa shape index (κ2) is 14.8. The molecule has 0 bridgehead atoms. The van der Waals surface area contributed by atoms with E-state index in [2.05, 4.69) is 138 Å². The molecule has 45 heavy (non-hydrogen) atoms. The fourth-order valence-electron chi connectivity index (χ4n) is 6.87. The summed E-state index contributed by atoms with van der Waals surface area (Å²) in [5.74, 6) is 0. The van der Waals surface area contributed by atoms with Crippen LogP contribution in [0.25, 0.3) is 39.3 Å². The first-order chi connectivity index (χ1) is 22.2. The largest absolute Gasteiger partial charge is 0.223 e. The summed E-state index contributed by atoms with van der Waals surface area (Å²) in [6.45, 7) is 8.88. The van der Waals surface area contributed by atoms with Crippen molar-refractivity contribution < 1.29 is 13.7 Å². The summed E-state index contributed by atoms with van der Waals surface area (Å²) in [4.78, 5) is 0. The normalized spacial score (nSPS) is 12.2. The van der Waals surface area contributed by atoms with E-state index in [-0.39, 0.29) is 0 Å². The van der Waals surface area contributed by atoms with Crippen molar-refractivity contribution in [3.05, 3.63) is 120 Å². The summed E-state index contributed by atoms with van der Waals surface area (Å²) in [5.41, 5.74) is 13.2. The second-order valence-corrected chi connectivity index (χ2v) is 12.9. The molecule has 3 aromatic heterocycles. The summed E-state index contributed by atoms with van der Waals surface area (Å²) < 4.78 is 7.24. The molecule has 0 N–H and O–H groups in total. The molecule has 1 aliphatic carbocycles. The number of aromatic nitrogens is 3. The third-order valence-electron chi connectivity index (χ3n) is 9.49. The third kappa shape index (κ3) is 7.09. The van der Waals surface area contributed by atoms with E-state index < -0.39 is 0 Å². The highest BCUT2D eigenvalue weighted by Gasteiger charge is 2.33. The van der Waals surface area contributed by atoms with Crippen LogP contribution in [-0.2, 0) is 25.9 Å². The zero-order chi connectivity index (χ0) is 31.0. The Morgan fingerprint density at radius 3 is 1.84 bits per heavy atom. The standard InChI is InChI=1S/C42H50N3/c1-4-6-8-12-26-43-28-22-35(23-29-43)40-32-41(36-18-16-33(3)17-19-36)45(37-24-30-44(31-25-37)27-13-9-7-5-2)42-38-15-11-10-14-34(38)20-21-39(40)42/h10-11,14-19,22-25,28-32H,4-9,12-13,20-21,26-27H2,1-3H3/q+3. The Morgan fingerprint density at radius 1 is 0.578 bits per heavy atom. The maximum absolute atomic E-state index is 2.54. The van der Waals surface area contributed by atoms with Crippen molar-refractivity contribution in [2.45, 2.75) is 98.1 Å². The van der Waals surface area contributed by atoms with Gasteiger partial charge >= 0.3 is 0 Å². The molecular formula is C42H50N3+3. The molecule has 3 nitrogen and oxygen atoms in total. The number of benzene rings is 2. The second-order valence-electron chi connectivity index (χ2n) is 12.9. The van der Waals surface area contributed by atoms with Crippen molar-refractivity contribution in [1.82, 2.24) is 0 Å². The highest BCUT2D eigenvalue weighted by atomic mass is 15.0. The number of rotatable bonds is 13. The van der Waals surface area contributed by atoms with E-state index in [0.717, 1.165) is 25.9 Å². The van der Waals surface area contributed by atoms with Crippen LogP contribution in [0, 0.1) is 6.92 Å². The van der Waals surface area contributed by atoms with Crippen LogP contribution in [0.15, 0.2) is 104 Å². The minimum absolute atomic E-state index is 1.03. The SMILES string of the molecule is CCCCCC[n+]1ccc(-c2cc(-c3ccc(C)cc3)[n+](-c3cc[n+](CCCCCC)cc3)c3c2CCc2ccccc2-3)cc1. The van der Waals surface area contributed by atoms with E-state index in [1.807, 2.05) is 0 Å². The Kier molecular flexibility index (Phi) is 10.1. The molecule has 230 valence electrons. The van der Waals surface area contributed by atoms with Crippen LogP contribution >= 0.6 is 0 Å². The smallest absolute Gasteiger partial charge is 0.205 e. The average molecular weight is 597 g/mol. The Morgan fingerprint density at radius 2 is 1.20 bits per heavy atom. The monoisotopic (exact) mass is 596 g/mol. The van der Waals surface area contributed by atoms with Crippen molar-refractivity contribution in [2.24, 2.45) is 0 Å². The number of nitrogens with zero attached hydrogens (tertiary/aromatic N) is 3. The van der Waals surface area contributed by atoms with Crippen molar-refractivity contribution in [3.63, 3.8) is 0 Å². The highest BCUT2D eigenvalue weighted by Crippen LogP contribution is 2.39. The number of hydrogen-bond acceptors (Lipinski definition) is 0. The van der Waals surface area contributed by atoms with Crippen LogP contribution < -0.4 is 13.7 Å². The van der Waals surface area contributed by atoms with E-state index in [9.17, 15) is 0 Å². The Balaban J connectivity index is 1.50. The van der Waals surface area contributed by atoms with E-state index in [0.29, 0.717) is 0 Å². The van der Waals surface area contributed by atoms with Crippen LogP contribution in [-0.4, -0.2) is 0 Å². The van der Waals surface area contributed by atoms with E-state index in [1.165, 1.54) is 107 Å². The Hall–Kier alpha value is -4.11. The van der Waals surface area contributed by atoms with Gasteiger partial charge in [-0.2, -0.15) is 4.57 Å². The average Bonchev–Trinajstić information content (AvgIpc) is 3.09. The zero-order valence-electron chi connectivity index (χ0n) is 27.6. The maximum Gasteiger partial charge on any atom is 0.223 e. The minimum atomic E-state index is 1.03. The van der Waals surface area contributed by atoms with Crippen LogP contribution in [0.2, 0.25) is 0 Å². The number of pyridine rings is 3. The number of unbranched alkanes of at least 4 members (excludes halogenated alkanes) is 6. The molecule has 5 aromatic rings. The molecule has 0 saturated carbocycles. The van der Waals surface area contributed by atoms with E-state index in [4.69, 9.17) is 0 Å². The molecule has 0 saturated heterocycles. The van der Waals surface area contributed by atoms with Crippen LogP contribution in [0.4, 0.5) is 0 Å². The van der Waals surface area contributed by atoms with Gasteiger partial charge in [0.2, 0.25) is 17.1 Å². The van der Waals surface area contributed by atoms with Gasteiger partial charge in [-0.05, 0) is 67.5 Å². The summed E-state index contributed by atoms with van der Waals surface area (Å²) in [5, 5.41) is 0. The van der Waals surface area contributed by atoms with Gasteiger partial charge in [-0.1, -0.05) is 75.4 Å². The first-order valence-electron chi connectivity index (χ1n) is 17.4. The topological polar surface area (TPSA) is 11.6 Å². The first kappa shape index (κ1) is 30.9. The molecule has 0 aliphatic heterocycles. The predicted octanol–water partition coefficient (Wildman–Crippen LogP) is 9.11. The van der Waals surface area contributed by atoms with Crippen LogP contribution in [0.5, 0.6) is 0 Å². The van der Waals surface area contributed by atoms with Crippen molar-refractivity contribution in [3.8, 4) is 39.3 Å². The number of fused-ring (bicyclic) bond motifs is 3. The Bertz CT molecular complexity index is 1700. The summed E-state index contributed by atoms with van der Waals surface area (Å²) in [6, 6.07) is 29.9. The summed E-state index contributed by atoms with van der Waals surface area (Å²) in [7, 11) is 0. The lowest BCUT2D eigenvalue weighted by Crippen LogP contribution is -2.41. The van der Waals surface area contributed by atoms with Crippen molar-refractivity contribution >= 4 is 0 Å². The first-order valence-corrected chi connectivity index (χ1v) is 17.4. The molecule has 0 radical (unpaired) electrons. The Labute approximate surface area is 270 Å². The number of hydrogen-bond donors (Lipinski definition) is 0. The molecule has 0 amide bonds. The molecule has 0 spiro atoms. The summed E-state index contributed by atoms with van der Waals surface area (Å²) >= 11 is 0. The van der Waals surface area contributed by atoms with Crippen LogP contribution in [0.1, 0.15) is 81.9 Å². The van der Waals surface area contributed by atoms with Gasteiger partial charge in [-0.3, -0.25) is 0 Å². The van der Waals surface area contributed by atoms with Gasteiger partial charge in [0.15, 0.2) is 24.8 Å². The fraction of sp³-hybridized carbons (Fsp3) is 0.357. The van der Waals surface area contributed by atoms with Crippen LogP contribution in [0.3, 0.4) is 0 Å². The molecule has 6 rings (SSSR count). The molecule has 0 atom stereocenters. The molecule has 0 unspecified atom stereocenters. The van der Waals surface area contributed by atoms with Gasteiger partial charge in [0.25, 0.3) is 0 Å². The maximum atomic E-state index is 2.54. The molecule has 0 fully saturated rings. The predicted molar refractivity (Wildman–Crippen MR) is 185 cm³/mol.